The topological polar surface area (TPSA) is 159 Å². The van der Waals surface area contributed by atoms with Crippen molar-refractivity contribution >= 4 is 13.5 Å². The van der Waals surface area contributed by atoms with Gasteiger partial charge in [-0.1, -0.05) is 18.2 Å². The number of hydrogen-bond donors (Lipinski definition) is 3. The van der Waals surface area contributed by atoms with Crippen LogP contribution >= 0.6 is 7.60 Å². The number of para-hydroxylation sites is 1. The molecule has 0 bridgehead atoms. The van der Waals surface area contributed by atoms with Crippen molar-refractivity contribution < 1.29 is 33.4 Å². The average Bonchev–Trinajstić information content (AvgIpc) is 3.27. The molecule has 2 aliphatic rings. The van der Waals surface area contributed by atoms with Crippen molar-refractivity contribution in [2.75, 3.05) is 0 Å². The van der Waals surface area contributed by atoms with E-state index in [1.165, 1.54) is 11.9 Å². The lowest BCUT2D eigenvalue weighted by atomic mass is 10.1. The first kappa shape index (κ1) is 18.8. The molecule has 0 radical (unpaired) electrons. The number of benzene rings is 1. The van der Waals surface area contributed by atoms with Crippen LogP contribution in [0.25, 0.3) is 0 Å². The van der Waals surface area contributed by atoms with Crippen LogP contribution in [0.15, 0.2) is 42.5 Å². The molecule has 1 aromatic heterocycles. The Bertz CT molecular complexity index is 977. The molecule has 11 nitrogen and oxygen atoms in total. The van der Waals surface area contributed by atoms with Gasteiger partial charge in [-0.3, -0.25) is 9.32 Å². The minimum absolute atomic E-state index is 0.117. The van der Waals surface area contributed by atoms with Gasteiger partial charge in [0.05, 0.1) is 6.61 Å². The molecule has 2 aromatic rings. The van der Waals surface area contributed by atoms with Crippen molar-refractivity contribution in [1.29, 1.82) is 0 Å². The molecule has 5 atom stereocenters. The van der Waals surface area contributed by atoms with Crippen LogP contribution in [0.2, 0.25) is 0 Å². The molecule has 0 spiro atoms. The third-order valence-electron chi connectivity index (χ3n) is 4.32. The predicted octanol–water partition coefficient (Wildman–Crippen LogP) is 0.312. The highest BCUT2D eigenvalue weighted by Gasteiger charge is 2.44. The molecule has 0 saturated carbocycles. The number of ether oxygens (including phenoxy) is 1. The predicted molar refractivity (Wildman–Crippen MR) is 93.1 cm³/mol. The summed E-state index contributed by atoms with van der Waals surface area (Å²) in [5.74, 6) is 0.543. The highest BCUT2D eigenvalue weighted by molar-refractivity contribution is 7.57. The Morgan fingerprint density at radius 3 is 2.86 bits per heavy atom. The lowest BCUT2D eigenvalue weighted by Gasteiger charge is -2.23. The quantitative estimate of drug-likeness (QED) is 0.605. The Hall–Kier alpha value is -2.56. The third kappa shape index (κ3) is 3.46. The van der Waals surface area contributed by atoms with E-state index in [0.717, 1.165) is 16.6 Å². The van der Waals surface area contributed by atoms with E-state index in [2.05, 4.69) is 10.1 Å². The molecule has 148 valence electrons. The van der Waals surface area contributed by atoms with Gasteiger partial charge in [-0.2, -0.15) is 0 Å². The number of aliphatic hydroxyl groups excluding tert-OH is 2. The summed E-state index contributed by atoms with van der Waals surface area (Å²) in [5.41, 5.74) is 5.86. The molecule has 12 heteroatoms. The van der Waals surface area contributed by atoms with Gasteiger partial charge in [0.2, 0.25) is 5.82 Å². The molecular weight excluding hydrogens is 391 g/mol. The van der Waals surface area contributed by atoms with E-state index in [0.29, 0.717) is 5.75 Å². The number of hydrogen-bond acceptors (Lipinski definition) is 9. The first-order valence-electron chi connectivity index (χ1n) is 8.30. The van der Waals surface area contributed by atoms with Crippen molar-refractivity contribution in [3.05, 3.63) is 53.9 Å². The van der Waals surface area contributed by atoms with Crippen LogP contribution in [0, 0.1) is 0 Å². The normalized spacial score (nSPS) is 32.2. The van der Waals surface area contributed by atoms with E-state index in [1.807, 2.05) is 6.07 Å². The number of rotatable bonds is 4. The van der Waals surface area contributed by atoms with E-state index >= 15 is 0 Å². The smallest absolute Gasteiger partial charge is 0.403 e. The van der Waals surface area contributed by atoms with Crippen LogP contribution in [-0.4, -0.2) is 49.2 Å². The summed E-state index contributed by atoms with van der Waals surface area (Å²) in [5, 5.41) is 24.2. The Morgan fingerprint density at radius 2 is 2.11 bits per heavy atom. The number of nitrogens with zero attached hydrogens (tertiary/aromatic N) is 3. The number of carbonyl (C=O) groups is 1. The molecule has 1 amide bonds. The van der Waals surface area contributed by atoms with Crippen molar-refractivity contribution in [1.82, 2.24) is 14.8 Å². The van der Waals surface area contributed by atoms with Gasteiger partial charge in [0.25, 0.3) is 5.91 Å². The summed E-state index contributed by atoms with van der Waals surface area (Å²) in [7, 11) is -3.59. The molecule has 0 aliphatic carbocycles. The molecule has 1 fully saturated rings. The summed E-state index contributed by atoms with van der Waals surface area (Å²) in [6, 6.07) is 7.04. The maximum atomic E-state index is 12.8. The van der Waals surface area contributed by atoms with E-state index in [9.17, 15) is 19.6 Å². The van der Waals surface area contributed by atoms with E-state index < -0.39 is 38.0 Å². The van der Waals surface area contributed by atoms with Crippen LogP contribution in [0.1, 0.15) is 22.4 Å². The van der Waals surface area contributed by atoms with Gasteiger partial charge in [0, 0.05) is 11.4 Å². The fourth-order valence-corrected chi connectivity index (χ4v) is 4.22. The lowest BCUT2D eigenvalue weighted by Crippen LogP contribution is -2.31. The highest BCUT2D eigenvalue weighted by Crippen LogP contribution is 2.55. The third-order valence-corrected chi connectivity index (χ3v) is 5.80. The van der Waals surface area contributed by atoms with Gasteiger partial charge >= 0.3 is 7.60 Å². The Labute approximate surface area is 158 Å². The van der Waals surface area contributed by atoms with Crippen LogP contribution < -0.4 is 10.3 Å². The molecule has 2 aliphatic heterocycles. The standard InChI is InChI=1S/C16H17N4O7P/c17-14(23)15-18-8-20(19-15)16-13(22)12(21)11(26-16)5-6-28(24)25-7-9-3-1-2-4-10(9)27-28/h1-6,8,11-13,16,21-22H,7H2,(H2,17,23)/b6-5+/t11?,12-,13-,16-,28?/m1/s1. The van der Waals surface area contributed by atoms with Crippen LogP contribution in [0.5, 0.6) is 5.75 Å². The second-order valence-corrected chi connectivity index (χ2v) is 8.06. The van der Waals surface area contributed by atoms with Gasteiger partial charge in [0.1, 0.15) is 30.4 Å². The molecule has 1 aromatic carbocycles. The lowest BCUT2D eigenvalue weighted by molar-refractivity contribution is -0.0346. The van der Waals surface area contributed by atoms with Crippen molar-refractivity contribution in [3.8, 4) is 5.75 Å². The van der Waals surface area contributed by atoms with Crippen molar-refractivity contribution in [2.45, 2.75) is 31.1 Å². The number of primary amides is 1. The SMILES string of the molecule is NC(=O)c1ncn([C@@H]2OC(/C=C/P3(=O)OCc4ccccc4O3)[C@@H](O)[C@H]2O)n1. The second kappa shape index (κ2) is 7.12. The monoisotopic (exact) mass is 408 g/mol. The molecule has 4 N–H and O–H groups in total. The van der Waals surface area contributed by atoms with Gasteiger partial charge in [-0.05, 0) is 12.1 Å². The summed E-state index contributed by atoms with van der Waals surface area (Å²) >= 11 is 0. The van der Waals surface area contributed by atoms with Gasteiger partial charge in [-0.15, -0.1) is 5.10 Å². The molecular formula is C16H17N4O7P. The molecule has 1 saturated heterocycles. The van der Waals surface area contributed by atoms with Gasteiger partial charge in [-0.25, -0.2) is 14.2 Å². The minimum Gasteiger partial charge on any atom is -0.421 e. The van der Waals surface area contributed by atoms with E-state index in [1.54, 1.807) is 18.2 Å². The molecule has 4 rings (SSSR count). The highest BCUT2D eigenvalue weighted by atomic mass is 31.2. The Morgan fingerprint density at radius 1 is 1.32 bits per heavy atom. The fourth-order valence-electron chi connectivity index (χ4n) is 2.87. The van der Waals surface area contributed by atoms with Gasteiger partial charge < -0.3 is 25.2 Å². The molecule has 28 heavy (non-hydrogen) atoms. The zero-order valence-corrected chi connectivity index (χ0v) is 15.3. The fraction of sp³-hybridized carbons (Fsp3) is 0.312. The summed E-state index contributed by atoms with van der Waals surface area (Å²) in [4.78, 5) is 14.8. The first-order chi connectivity index (χ1) is 13.4. The Balaban J connectivity index is 1.49. The number of aromatic nitrogens is 3. The molecule has 2 unspecified atom stereocenters. The van der Waals surface area contributed by atoms with Crippen molar-refractivity contribution in [2.24, 2.45) is 5.73 Å². The first-order valence-corrected chi connectivity index (χ1v) is 9.91. The molecule has 3 heterocycles. The summed E-state index contributed by atoms with van der Waals surface area (Å²) in [6.07, 6.45) is -2.39. The van der Waals surface area contributed by atoms with E-state index in [4.69, 9.17) is 19.5 Å². The van der Waals surface area contributed by atoms with Crippen LogP contribution in [0.4, 0.5) is 0 Å². The zero-order chi connectivity index (χ0) is 19.9. The number of amides is 1. The number of carbonyl (C=O) groups excluding carboxylic acids is 1. The number of fused-ring (bicyclic) bond motifs is 1. The van der Waals surface area contributed by atoms with Crippen LogP contribution in [0.3, 0.4) is 0 Å². The van der Waals surface area contributed by atoms with Crippen molar-refractivity contribution in [3.63, 3.8) is 0 Å². The van der Waals surface area contributed by atoms with Crippen LogP contribution in [-0.2, 0) is 20.4 Å². The summed E-state index contributed by atoms with van der Waals surface area (Å²) in [6.45, 7) is 0.117. The maximum absolute atomic E-state index is 12.8. The minimum atomic E-state index is -3.59. The Kier molecular flexibility index (Phi) is 4.77. The van der Waals surface area contributed by atoms with Gasteiger partial charge in [0.15, 0.2) is 6.23 Å². The maximum Gasteiger partial charge on any atom is 0.403 e. The zero-order valence-electron chi connectivity index (χ0n) is 14.4. The second-order valence-electron chi connectivity index (χ2n) is 6.24. The average molecular weight is 408 g/mol. The van der Waals surface area contributed by atoms with E-state index in [-0.39, 0.29) is 12.4 Å². The largest absolute Gasteiger partial charge is 0.421 e. The number of aliphatic hydroxyl groups is 2. The number of nitrogens with two attached hydrogens (primary N) is 1. The summed E-state index contributed by atoms with van der Waals surface area (Å²) < 4.78 is 30.2.